The molecule has 0 aliphatic carbocycles. The summed E-state index contributed by atoms with van der Waals surface area (Å²) in [6.45, 7) is 5.92. The zero-order valence-corrected chi connectivity index (χ0v) is 21.5. The van der Waals surface area contributed by atoms with E-state index in [-0.39, 0.29) is 5.91 Å². The summed E-state index contributed by atoms with van der Waals surface area (Å²) in [6, 6.07) is 14.9. The van der Waals surface area contributed by atoms with Crippen LogP contribution < -0.4 is 19.5 Å². The summed E-state index contributed by atoms with van der Waals surface area (Å²) in [5.41, 5.74) is 2.44. The average Bonchev–Trinajstić information content (AvgIpc) is 2.95. The van der Waals surface area contributed by atoms with Gasteiger partial charge in [-0.2, -0.15) is 0 Å². The van der Waals surface area contributed by atoms with E-state index < -0.39 is 6.10 Å². The van der Waals surface area contributed by atoms with Gasteiger partial charge in [0, 0.05) is 24.8 Å². The molecule has 1 fully saturated rings. The van der Waals surface area contributed by atoms with Crippen molar-refractivity contribution in [3.8, 4) is 23.1 Å². The van der Waals surface area contributed by atoms with E-state index in [9.17, 15) is 4.79 Å². The number of pyridine rings is 1. The number of methoxy groups -OCH3 is 1. The van der Waals surface area contributed by atoms with E-state index in [4.69, 9.17) is 18.9 Å². The Morgan fingerprint density at radius 2 is 1.89 bits per heavy atom. The summed E-state index contributed by atoms with van der Waals surface area (Å²) in [6.07, 6.45) is 2.44. The van der Waals surface area contributed by atoms with Crippen LogP contribution in [0.4, 0.5) is 11.5 Å². The van der Waals surface area contributed by atoms with E-state index in [1.165, 1.54) is 6.33 Å². The van der Waals surface area contributed by atoms with Gasteiger partial charge in [0.25, 0.3) is 5.91 Å². The first kappa shape index (κ1) is 25.2. The van der Waals surface area contributed by atoms with Gasteiger partial charge in [-0.1, -0.05) is 6.07 Å². The molecule has 0 radical (unpaired) electrons. The van der Waals surface area contributed by atoms with Crippen LogP contribution in [0.1, 0.15) is 12.5 Å². The Kier molecular flexibility index (Phi) is 7.50. The van der Waals surface area contributed by atoms with E-state index in [0.717, 1.165) is 11.3 Å². The SMILES string of the molecule is COc1ccc(Oc2ccc(Nc3ncnc4cccc(O[C@H](C)C(=O)N5CCOCC5)c34)cc2C)cn1. The number of anilines is 2. The first-order valence-electron chi connectivity index (χ1n) is 12.3. The van der Waals surface area contributed by atoms with Crippen LogP contribution in [0, 0.1) is 6.92 Å². The van der Waals surface area contributed by atoms with Crippen molar-refractivity contribution in [2.24, 2.45) is 0 Å². The number of nitrogens with one attached hydrogen (secondary N) is 1. The maximum Gasteiger partial charge on any atom is 0.263 e. The molecule has 196 valence electrons. The molecule has 3 heterocycles. The van der Waals surface area contributed by atoms with Gasteiger partial charge in [-0.05, 0) is 55.8 Å². The molecule has 1 saturated heterocycles. The van der Waals surface area contributed by atoms with E-state index in [2.05, 4.69) is 20.3 Å². The van der Waals surface area contributed by atoms with Gasteiger partial charge in [0.2, 0.25) is 5.88 Å². The third kappa shape index (κ3) is 5.60. The molecule has 1 aliphatic heterocycles. The number of carbonyl (C=O) groups is 1. The van der Waals surface area contributed by atoms with Crippen molar-refractivity contribution in [3.05, 3.63) is 66.6 Å². The fourth-order valence-corrected chi connectivity index (χ4v) is 4.21. The second-order valence-electron chi connectivity index (χ2n) is 8.81. The average molecular weight is 516 g/mol. The molecule has 2 aromatic heterocycles. The number of hydrogen-bond acceptors (Lipinski definition) is 9. The maximum absolute atomic E-state index is 12.9. The number of morpholine rings is 1. The number of fused-ring (bicyclic) bond motifs is 1. The Bertz CT molecular complexity index is 1420. The normalized spacial score (nSPS) is 14.1. The van der Waals surface area contributed by atoms with Crippen LogP contribution in [0.3, 0.4) is 0 Å². The minimum Gasteiger partial charge on any atom is -0.481 e. The molecule has 38 heavy (non-hydrogen) atoms. The summed E-state index contributed by atoms with van der Waals surface area (Å²) in [5.74, 6) is 2.87. The zero-order valence-electron chi connectivity index (χ0n) is 21.5. The molecule has 1 N–H and O–H groups in total. The van der Waals surface area contributed by atoms with Crippen LogP contribution in [-0.4, -0.2) is 65.3 Å². The molecule has 0 spiro atoms. The molecular weight excluding hydrogens is 486 g/mol. The summed E-state index contributed by atoms with van der Waals surface area (Å²) in [5, 5.41) is 4.07. The Labute approximate surface area is 220 Å². The van der Waals surface area contributed by atoms with Crippen LogP contribution in [0.5, 0.6) is 23.1 Å². The highest BCUT2D eigenvalue weighted by molar-refractivity contribution is 5.96. The van der Waals surface area contributed by atoms with Crippen molar-refractivity contribution in [2.75, 3.05) is 38.7 Å². The first-order valence-corrected chi connectivity index (χ1v) is 12.3. The van der Waals surface area contributed by atoms with Crippen LogP contribution >= 0.6 is 0 Å². The van der Waals surface area contributed by atoms with Crippen LogP contribution in [0.2, 0.25) is 0 Å². The smallest absolute Gasteiger partial charge is 0.263 e. The lowest BCUT2D eigenvalue weighted by Gasteiger charge is -2.29. The topological polar surface area (TPSA) is 108 Å². The quantitative estimate of drug-likeness (QED) is 0.363. The third-order valence-corrected chi connectivity index (χ3v) is 6.18. The second-order valence-corrected chi connectivity index (χ2v) is 8.81. The van der Waals surface area contributed by atoms with Crippen molar-refractivity contribution >= 4 is 28.3 Å². The summed E-state index contributed by atoms with van der Waals surface area (Å²) >= 11 is 0. The molecule has 5 rings (SSSR count). The Morgan fingerprint density at radius 3 is 2.63 bits per heavy atom. The highest BCUT2D eigenvalue weighted by Crippen LogP contribution is 2.34. The number of carbonyl (C=O) groups excluding carboxylic acids is 1. The maximum atomic E-state index is 12.9. The Balaban J connectivity index is 1.36. The van der Waals surface area contributed by atoms with Crippen molar-refractivity contribution in [3.63, 3.8) is 0 Å². The van der Waals surface area contributed by atoms with Gasteiger partial charge in [0.15, 0.2) is 6.10 Å². The van der Waals surface area contributed by atoms with E-state index in [1.54, 1.807) is 37.3 Å². The summed E-state index contributed by atoms with van der Waals surface area (Å²) in [4.78, 5) is 27.7. The van der Waals surface area contributed by atoms with Gasteiger partial charge in [-0.15, -0.1) is 0 Å². The second kappa shape index (κ2) is 11.3. The number of aromatic nitrogens is 3. The van der Waals surface area contributed by atoms with Gasteiger partial charge in [-0.25, -0.2) is 15.0 Å². The standard InChI is InChI=1S/C28H29N5O5/c1-18-15-20(7-9-23(18)38-21-8-10-25(35-3)29-16-21)32-27-26-22(30-17-31-27)5-4-6-24(26)37-19(2)28(34)33-11-13-36-14-12-33/h4-10,15-17,19H,11-14H2,1-3H3,(H,30,31,32)/t19-/m1/s1. The monoisotopic (exact) mass is 515 g/mol. The molecule has 10 nitrogen and oxygen atoms in total. The fourth-order valence-electron chi connectivity index (χ4n) is 4.21. The Hall–Kier alpha value is -4.44. The lowest BCUT2D eigenvalue weighted by Crippen LogP contribution is -2.46. The minimum atomic E-state index is -0.669. The molecular formula is C28H29N5O5. The Morgan fingerprint density at radius 1 is 1.05 bits per heavy atom. The number of rotatable bonds is 8. The van der Waals surface area contributed by atoms with Gasteiger partial charge >= 0.3 is 0 Å². The van der Waals surface area contributed by atoms with Crippen molar-refractivity contribution < 1.29 is 23.7 Å². The van der Waals surface area contributed by atoms with Crippen LogP contribution in [0.15, 0.2) is 61.1 Å². The molecule has 1 atom stereocenters. The molecule has 4 aromatic rings. The third-order valence-electron chi connectivity index (χ3n) is 6.18. The van der Waals surface area contributed by atoms with Crippen LogP contribution in [-0.2, 0) is 9.53 Å². The number of nitrogens with zero attached hydrogens (tertiary/aromatic N) is 4. The van der Waals surface area contributed by atoms with E-state index >= 15 is 0 Å². The number of amides is 1. The zero-order chi connectivity index (χ0) is 26.5. The molecule has 0 saturated carbocycles. The lowest BCUT2D eigenvalue weighted by molar-refractivity contribution is -0.142. The number of benzene rings is 2. The van der Waals surface area contributed by atoms with Gasteiger partial charge in [0.1, 0.15) is 29.4 Å². The lowest BCUT2D eigenvalue weighted by atomic mass is 10.1. The molecule has 0 unspecified atom stereocenters. The van der Waals surface area contributed by atoms with Gasteiger partial charge < -0.3 is 29.2 Å². The molecule has 1 aliphatic rings. The summed E-state index contributed by atoms with van der Waals surface area (Å²) < 4.78 is 22.6. The number of hydrogen-bond donors (Lipinski definition) is 1. The largest absolute Gasteiger partial charge is 0.481 e. The van der Waals surface area contributed by atoms with Crippen LogP contribution in [0.25, 0.3) is 10.9 Å². The number of ether oxygens (including phenoxy) is 4. The highest BCUT2D eigenvalue weighted by Gasteiger charge is 2.25. The van der Waals surface area contributed by atoms with Gasteiger partial charge in [0.05, 0.1) is 37.4 Å². The van der Waals surface area contributed by atoms with E-state index in [0.29, 0.717) is 66.2 Å². The minimum absolute atomic E-state index is 0.0741. The molecule has 0 bridgehead atoms. The van der Waals surface area contributed by atoms with Crippen molar-refractivity contribution in [2.45, 2.75) is 20.0 Å². The highest BCUT2D eigenvalue weighted by atomic mass is 16.5. The predicted molar refractivity (Wildman–Crippen MR) is 142 cm³/mol. The number of aryl methyl sites for hydroxylation is 1. The predicted octanol–water partition coefficient (Wildman–Crippen LogP) is 4.50. The van der Waals surface area contributed by atoms with Crippen molar-refractivity contribution in [1.29, 1.82) is 0 Å². The van der Waals surface area contributed by atoms with Crippen molar-refractivity contribution in [1.82, 2.24) is 19.9 Å². The molecule has 2 aromatic carbocycles. The molecule has 1 amide bonds. The summed E-state index contributed by atoms with van der Waals surface area (Å²) in [7, 11) is 1.57. The van der Waals surface area contributed by atoms with E-state index in [1.807, 2.05) is 43.3 Å². The molecule has 10 heteroatoms. The fraction of sp³-hybridized carbons (Fsp3) is 0.286. The first-order chi connectivity index (χ1) is 18.5. The van der Waals surface area contributed by atoms with Gasteiger partial charge in [-0.3, -0.25) is 4.79 Å².